The van der Waals surface area contributed by atoms with E-state index in [1.165, 1.54) is 15.5 Å². The van der Waals surface area contributed by atoms with Crippen molar-refractivity contribution in [3.8, 4) is 5.75 Å². The fourth-order valence-electron chi connectivity index (χ4n) is 4.29. The van der Waals surface area contributed by atoms with Crippen molar-refractivity contribution in [2.75, 3.05) is 42.6 Å². The van der Waals surface area contributed by atoms with Crippen LogP contribution < -0.4 is 19.4 Å². The van der Waals surface area contributed by atoms with Crippen molar-refractivity contribution in [2.45, 2.75) is 32.2 Å². The summed E-state index contributed by atoms with van der Waals surface area (Å²) in [5, 5.41) is 0. The molecule has 0 radical (unpaired) electrons. The zero-order chi connectivity index (χ0) is 20.9. The molecule has 1 atom stereocenters. The average molecular weight is 409 g/mol. The van der Waals surface area contributed by atoms with E-state index in [9.17, 15) is 9.59 Å². The molecule has 6 heteroatoms. The van der Waals surface area contributed by atoms with Gasteiger partial charge in [-0.15, -0.1) is 0 Å². The molecule has 4 rings (SSSR count). The van der Waals surface area contributed by atoms with Gasteiger partial charge in [0.1, 0.15) is 5.75 Å². The minimum atomic E-state index is -0.282. The van der Waals surface area contributed by atoms with Gasteiger partial charge in [-0.25, -0.2) is 4.90 Å². The van der Waals surface area contributed by atoms with Crippen LogP contribution in [-0.2, 0) is 9.59 Å². The summed E-state index contributed by atoms with van der Waals surface area (Å²) in [6.45, 7) is 6.30. The summed E-state index contributed by atoms with van der Waals surface area (Å²) in [6.07, 6.45) is 2.37. The van der Waals surface area contributed by atoms with Gasteiger partial charge in [-0.05, 0) is 42.8 Å². The molecule has 0 aliphatic carbocycles. The third-order valence-corrected chi connectivity index (χ3v) is 6.03. The monoisotopic (exact) mass is 408 g/mol. The second-order valence-corrected chi connectivity index (χ2v) is 8.00. The van der Waals surface area contributed by atoms with E-state index in [4.69, 9.17) is 4.74 Å². The van der Waals surface area contributed by atoms with Crippen molar-refractivity contribution in [3.05, 3.63) is 54.6 Å². The molecule has 2 heterocycles. The second-order valence-electron chi connectivity index (χ2n) is 8.00. The van der Waals surface area contributed by atoms with Crippen LogP contribution in [-0.4, -0.2) is 50.6 Å². The van der Waals surface area contributed by atoms with Crippen molar-refractivity contribution in [1.82, 2.24) is 0 Å². The van der Waals surface area contributed by atoms with Crippen LogP contribution in [0.15, 0.2) is 54.6 Å². The Balaban J connectivity index is 1.37. The first-order valence-electron chi connectivity index (χ1n) is 10.9. The number of carbonyl (C=O) groups excluding carboxylic acids is 2. The predicted molar refractivity (Wildman–Crippen MR) is 117 cm³/mol. The second kappa shape index (κ2) is 9.30. The first-order valence-corrected chi connectivity index (χ1v) is 10.9. The third kappa shape index (κ3) is 4.33. The summed E-state index contributed by atoms with van der Waals surface area (Å²) in [4.78, 5) is 30.7. The molecule has 0 unspecified atom stereocenters. The van der Waals surface area contributed by atoms with E-state index in [2.05, 4.69) is 24.0 Å². The molecule has 1 N–H and O–H groups in total. The van der Waals surface area contributed by atoms with E-state index >= 15 is 0 Å². The SMILES string of the molecule is CCCCOc1ccc(N2C(=O)C[C@H]([NH+]3CCN(c4ccccc4)CC3)C2=O)cc1. The molecule has 0 spiro atoms. The number of hydrogen-bond acceptors (Lipinski definition) is 4. The molecular weight excluding hydrogens is 378 g/mol. The molecule has 2 aromatic rings. The number of hydrogen-bond donors (Lipinski definition) is 1. The van der Waals surface area contributed by atoms with Crippen LogP contribution >= 0.6 is 0 Å². The predicted octanol–water partition coefficient (Wildman–Crippen LogP) is 1.90. The lowest BCUT2D eigenvalue weighted by Gasteiger charge is -2.35. The number of piperazine rings is 1. The van der Waals surface area contributed by atoms with Gasteiger partial charge in [0.25, 0.3) is 5.91 Å². The van der Waals surface area contributed by atoms with E-state index in [-0.39, 0.29) is 24.3 Å². The summed E-state index contributed by atoms with van der Waals surface area (Å²) >= 11 is 0. The molecule has 158 valence electrons. The van der Waals surface area contributed by atoms with E-state index < -0.39 is 0 Å². The third-order valence-electron chi connectivity index (χ3n) is 6.03. The minimum absolute atomic E-state index is 0.0807. The quantitative estimate of drug-likeness (QED) is 0.562. The molecule has 2 fully saturated rings. The van der Waals surface area contributed by atoms with Gasteiger partial charge >= 0.3 is 0 Å². The standard InChI is InChI=1S/C24H29N3O3/c1-2-3-17-30-21-11-9-20(10-12-21)27-23(28)18-22(24(27)29)26-15-13-25(14-16-26)19-7-5-4-6-8-19/h4-12,22H,2-3,13-18H2,1H3/p+1/t22-/m0/s1. The lowest BCUT2D eigenvalue weighted by atomic mass is 10.1. The number of imide groups is 1. The number of nitrogens with zero attached hydrogens (tertiary/aromatic N) is 2. The van der Waals surface area contributed by atoms with Crippen LogP contribution in [0.4, 0.5) is 11.4 Å². The lowest BCUT2D eigenvalue weighted by Crippen LogP contribution is -3.19. The number of unbranched alkanes of at least 4 members (excludes halogenated alkanes) is 1. The van der Waals surface area contributed by atoms with Crippen molar-refractivity contribution >= 4 is 23.2 Å². The zero-order valence-electron chi connectivity index (χ0n) is 17.5. The number of carbonyl (C=O) groups is 2. The van der Waals surface area contributed by atoms with Gasteiger partial charge in [-0.2, -0.15) is 0 Å². The molecule has 30 heavy (non-hydrogen) atoms. The van der Waals surface area contributed by atoms with E-state index in [0.29, 0.717) is 12.3 Å². The van der Waals surface area contributed by atoms with Crippen LogP contribution in [0.2, 0.25) is 0 Å². The summed E-state index contributed by atoms with van der Waals surface area (Å²) < 4.78 is 5.68. The zero-order valence-corrected chi connectivity index (χ0v) is 17.5. The minimum Gasteiger partial charge on any atom is -0.494 e. The number of ether oxygens (including phenoxy) is 1. The van der Waals surface area contributed by atoms with Crippen molar-refractivity contribution in [1.29, 1.82) is 0 Å². The number of quaternary nitrogens is 1. The smallest absolute Gasteiger partial charge is 0.292 e. The number of benzene rings is 2. The van der Waals surface area contributed by atoms with Gasteiger partial charge in [0, 0.05) is 5.69 Å². The highest BCUT2D eigenvalue weighted by Gasteiger charge is 2.46. The van der Waals surface area contributed by atoms with Crippen molar-refractivity contribution in [3.63, 3.8) is 0 Å². The summed E-state index contributed by atoms with van der Waals surface area (Å²) in [7, 11) is 0. The van der Waals surface area contributed by atoms with E-state index in [0.717, 1.165) is 44.8 Å². The molecular formula is C24H30N3O3+. The van der Waals surface area contributed by atoms with Crippen LogP contribution in [0.1, 0.15) is 26.2 Å². The van der Waals surface area contributed by atoms with Crippen LogP contribution in [0.3, 0.4) is 0 Å². The Morgan fingerprint density at radius 1 is 0.967 bits per heavy atom. The van der Waals surface area contributed by atoms with Crippen molar-refractivity contribution < 1.29 is 19.2 Å². The fraction of sp³-hybridized carbons (Fsp3) is 0.417. The number of nitrogens with one attached hydrogen (secondary N) is 1. The highest BCUT2D eigenvalue weighted by Crippen LogP contribution is 2.25. The Bertz CT molecular complexity index is 861. The Morgan fingerprint density at radius 2 is 1.67 bits per heavy atom. The lowest BCUT2D eigenvalue weighted by molar-refractivity contribution is -0.915. The highest BCUT2D eigenvalue weighted by molar-refractivity contribution is 6.21. The molecule has 2 aliphatic heterocycles. The normalized spacial score (nSPS) is 20.1. The van der Waals surface area contributed by atoms with Gasteiger partial charge in [0.05, 0.1) is 44.9 Å². The molecule has 0 aromatic heterocycles. The summed E-state index contributed by atoms with van der Waals surface area (Å²) in [5.74, 6) is 0.580. The highest BCUT2D eigenvalue weighted by atomic mass is 16.5. The van der Waals surface area contributed by atoms with Gasteiger partial charge < -0.3 is 14.5 Å². The average Bonchev–Trinajstić information content (AvgIpc) is 3.09. The maximum absolute atomic E-state index is 13.1. The Morgan fingerprint density at radius 3 is 2.33 bits per heavy atom. The van der Waals surface area contributed by atoms with Gasteiger partial charge in [-0.1, -0.05) is 31.5 Å². The molecule has 2 saturated heterocycles. The fourth-order valence-corrected chi connectivity index (χ4v) is 4.29. The number of para-hydroxylation sites is 1. The number of rotatable bonds is 7. The maximum atomic E-state index is 13.1. The largest absolute Gasteiger partial charge is 0.494 e. The molecule has 2 aliphatic rings. The summed E-state index contributed by atoms with van der Waals surface area (Å²) in [5.41, 5.74) is 1.85. The Hall–Kier alpha value is -2.86. The van der Waals surface area contributed by atoms with E-state index in [1.807, 2.05) is 42.5 Å². The van der Waals surface area contributed by atoms with E-state index in [1.54, 1.807) is 0 Å². The topological polar surface area (TPSA) is 54.3 Å². The molecule has 0 bridgehead atoms. The first-order chi connectivity index (χ1) is 14.7. The Labute approximate surface area is 178 Å². The molecule has 2 aromatic carbocycles. The van der Waals surface area contributed by atoms with Crippen LogP contribution in [0, 0.1) is 0 Å². The molecule has 2 amide bonds. The molecule has 6 nitrogen and oxygen atoms in total. The van der Waals surface area contributed by atoms with Crippen molar-refractivity contribution in [2.24, 2.45) is 0 Å². The summed E-state index contributed by atoms with van der Waals surface area (Å²) in [6, 6.07) is 17.4. The van der Waals surface area contributed by atoms with Gasteiger partial charge in [0.15, 0.2) is 6.04 Å². The maximum Gasteiger partial charge on any atom is 0.292 e. The molecule has 0 saturated carbocycles. The number of anilines is 2. The number of amides is 2. The van der Waals surface area contributed by atoms with Gasteiger partial charge in [-0.3, -0.25) is 9.59 Å². The van der Waals surface area contributed by atoms with Gasteiger partial charge in [0.2, 0.25) is 5.91 Å². The first kappa shape index (κ1) is 20.4. The Kier molecular flexibility index (Phi) is 6.33. The van der Waals surface area contributed by atoms with Crippen LogP contribution in [0.25, 0.3) is 0 Å². The van der Waals surface area contributed by atoms with Crippen LogP contribution in [0.5, 0.6) is 5.75 Å².